The van der Waals surface area contributed by atoms with Crippen molar-refractivity contribution in [3.63, 3.8) is 0 Å². The molecule has 2 rings (SSSR count). The molecule has 0 spiro atoms. The average molecular weight is 229 g/mol. The molecule has 0 unspecified atom stereocenters. The smallest absolute Gasteiger partial charge is 0.0994 e. The van der Waals surface area contributed by atoms with Gasteiger partial charge in [0.2, 0.25) is 0 Å². The van der Waals surface area contributed by atoms with Gasteiger partial charge in [-0.1, -0.05) is 12.1 Å². The van der Waals surface area contributed by atoms with Crippen molar-refractivity contribution < 1.29 is 0 Å². The van der Waals surface area contributed by atoms with Crippen LogP contribution in [0.2, 0.25) is 0 Å². The number of aryl methyl sites for hydroxylation is 1. The number of likely N-dealkylation sites (N-methyl/N-ethyl adjacent to an activating group) is 1. The largest absolute Gasteiger partial charge is 0.304 e. The fourth-order valence-electron chi connectivity index (χ4n) is 2.15. The van der Waals surface area contributed by atoms with E-state index in [0.29, 0.717) is 0 Å². The van der Waals surface area contributed by atoms with Gasteiger partial charge in [-0.2, -0.15) is 5.26 Å². The molecule has 0 aromatic heterocycles. The minimum atomic E-state index is 0.802. The van der Waals surface area contributed by atoms with Crippen molar-refractivity contribution in [2.45, 2.75) is 13.5 Å². The van der Waals surface area contributed by atoms with E-state index in [1.807, 2.05) is 19.1 Å². The molecule has 1 fully saturated rings. The molecule has 3 nitrogen and oxygen atoms in total. The summed E-state index contributed by atoms with van der Waals surface area (Å²) in [4.78, 5) is 4.80. The molecule has 1 heterocycles. The second-order valence-electron chi connectivity index (χ2n) is 4.84. The van der Waals surface area contributed by atoms with Gasteiger partial charge in [0.25, 0.3) is 0 Å². The lowest BCUT2D eigenvalue weighted by molar-refractivity contribution is 0.148. The van der Waals surface area contributed by atoms with Crippen LogP contribution in [0, 0.1) is 18.3 Å². The highest BCUT2D eigenvalue weighted by Gasteiger charge is 2.14. The summed E-state index contributed by atoms with van der Waals surface area (Å²) in [5.41, 5.74) is 3.11. The minimum Gasteiger partial charge on any atom is -0.304 e. The van der Waals surface area contributed by atoms with Crippen LogP contribution in [0.3, 0.4) is 0 Å². The molecule has 0 saturated carbocycles. The summed E-state index contributed by atoms with van der Waals surface area (Å²) < 4.78 is 0. The molecular formula is C14H19N3. The van der Waals surface area contributed by atoms with Gasteiger partial charge in [-0.3, -0.25) is 4.90 Å². The first-order chi connectivity index (χ1) is 8.19. The minimum absolute atomic E-state index is 0.802. The SMILES string of the molecule is Cc1ccc(CN2CCN(C)CC2)cc1C#N. The van der Waals surface area contributed by atoms with E-state index in [9.17, 15) is 0 Å². The highest BCUT2D eigenvalue weighted by Crippen LogP contribution is 2.13. The fraction of sp³-hybridized carbons (Fsp3) is 0.500. The van der Waals surface area contributed by atoms with Crippen molar-refractivity contribution >= 4 is 0 Å². The Labute approximate surface area is 103 Å². The summed E-state index contributed by atoms with van der Waals surface area (Å²) in [5.74, 6) is 0. The van der Waals surface area contributed by atoms with E-state index in [1.54, 1.807) is 0 Å². The van der Waals surface area contributed by atoms with Crippen LogP contribution in [-0.2, 0) is 6.54 Å². The van der Waals surface area contributed by atoms with Crippen LogP contribution < -0.4 is 0 Å². The van der Waals surface area contributed by atoms with Crippen molar-refractivity contribution in [2.75, 3.05) is 33.2 Å². The Morgan fingerprint density at radius 3 is 2.59 bits per heavy atom. The summed E-state index contributed by atoms with van der Waals surface area (Å²) in [6, 6.07) is 8.45. The zero-order valence-corrected chi connectivity index (χ0v) is 10.6. The lowest BCUT2D eigenvalue weighted by Gasteiger charge is -2.32. The molecule has 0 amide bonds. The Hall–Kier alpha value is -1.37. The monoisotopic (exact) mass is 229 g/mol. The number of rotatable bonds is 2. The Morgan fingerprint density at radius 1 is 1.24 bits per heavy atom. The molecule has 1 saturated heterocycles. The molecule has 17 heavy (non-hydrogen) atoms. The second-order valence-corrected chi connectivity index (χ2v) is 4.84. The lowest BCUT2D eigenvalue weighted by atomic mass is 10.1. The fourth-order valence-corrected chi connectivity index (χ4v) is 2.15. The third-order valence-corrected chi connectivity index (χ3v) is 3.42. The summed E-state index contributed by atoms with van der Waals surface area (Å²) in [6.45, 7) is 7.45. The standard InChI is InChI=1S/C14H19N3/c1-12-3-4-13(9-14(12)10-15)11-17-7-5-16(2)6-8-17/h3-4,9H,5-8,11H2,1-2H3. The number of piperazine rings is 1. The highest BCUT2D eigenvalue weighted by atomic mass is 15.2. The molecule has 3 heteroatoms. The molecule has 0 aliphatic carbocycles. The van der Waals surface area contributed by atoms with E-state index in [2.05, 4.69) is 29.0 Å². The van der Waals surface area contributed by atoms with Gasteiger partial charge in [0, 0.05) is 32.7 Å². The lowest BCUT2D eigenvalue weighted by Crippen LogP contribution is -2.43. The predicted molar refractivity (Wildman–Crippen MR) is 68.7 cm³/mol. The Morgan fingerprint density at radius 2 is 1.94 bits per heavy atom. The number of nitrogens with zero attached hydrogens (tertiary/aromatic N) is 3. The van der Waals surface area contributed by atoms with E-state index in [0.717, 1.165) is 43.9 Å². The summed E-state index contributed by atoms with van der Waals surface area (Å²) in [6.07, 6.45) is 0. The van der Waals surface area contributed by atoms with Crippen LogP contribution in [0.1, 0.15) is 16.7 Å². The number of benzene rings is 1. The van der Waals surface area contributed by atoms with Crippen molar-refractivity contribution in [1.82, 2.24) is 9.80 Å². The summed E-state index contributed by atoms with van der Waals surface area (Å²) in [5, 5.41) is 9.01. The molecule has 90 valence electrons. The molecule has 1 aromatic carbocycles. The maximum Gasteiger partial charge on any atom is 0.0994 e. The van der Waals surface area contributed by atoms with E-state index < -0.39 is 0 Å². The number of nitriles is 1. The normalized spacial score (nSPS) is 17.9. The van der Waals surface area contributed by atoms with Gasteiger partial charge in [0.05, 0.1) is 11.6 Å². The highest BCUT2D eigenvalue weighted by molar-refractivity contribution is 5.39. The van der Waals surface area contributed by atoms with Crippen LogP contribution in [-0.4, -0.2) is 43.0 Å². The van der Waals surface area contributed by atoms with Crippen LogP contribution in [0.15, 0.2) is 18.2 Å². The van der Waals surface area contributed by atoms with Gasteiger partial charge in [-0.05, 0) is 31.2 Å². The molecular weight excluding hydrogens is 210 g/mol. The van der Waals surface area contributed by atoms with Crippen molar-refractivity contribution in [3.05, 3.63) is 34.9 Å². The Balaban J connectivity index is 2.02. The zero-order valence-electron chi connectivity index (χ0n) is 10.6. The van der Waals surface area contributed by atoms with Gasteiger partial charge < -0.3 is 4.90 Å². The van der Waals surface area contributed by atoms with E-state index in [1.165, 1.54) is 5.56 Å². The quantitative estimate of drug-likeness (QED) is 0.772. The van der Waals surface area contributed by atoms with Crippen molar-refractivity contribution in [3.8, 4) is 6.07 Å². The topological polar surface area (TPSA) is 30.3 Å². The van der Waals surface area contributed by atoms with Crippen LogP contribution in [0.25, 0.3) is 0 Å². The molecule has 0 N–H and O–H groups in total. The van der Waals surface area contributed by atoms with Crippen LogP contribution in [0.4, 0.5) is 0 Å². The number of hydrogen-bond acceptors (Lipinski definition) is 3. The van der Waals surface area contributed by atoms with E-state index >= 15 is 0 Å². The van der Waals surface area contributed by atoms with Gasteiger partial charge in [-0.25, -0.2) is 0 Å². The first-order valence-electron chi connectivity index (χ1n) is 6.09. The molecule has 1 aromatic rings. The molecule has 1 aliphatic rings. The van der Waals surface area contributed by atoms with Gasteiger partial charge >= 0.3 is 0 Å². The molecule has 0 atom stereocenters. The van der Waals surface area contributed by atoms with Gasteiger partial charge in [0.1, 0.15) is 0 Å². The molecule has 1 aliphatic heterocycles. The van der Waals surface area contributed by atoms with Crippen molar-refractivity contribution in [2.24, 2.45) is 0 Å². The predicted octanol–water partition coefficient (Wildman–Crippen LogP) is 1.61. The summed E-state index contributed by atoms with van der Waals surface area (Å²) >= 11 is 0. The zero-order chi connectivity index (χ0) is 12.3. The van der Waals surface area contributed by atoms with Gasteiger partial charge in [0.15, 0.2) is 0 Å². The molecule has 0 bridgehead atoms. The third-order valence-electron chi connectivity index (χ3n) is 3.42. The van der Waals surface area contributed by atoms with Crippen LogP contribution >= 0.6 is 0 Å². The Bertz CT molecular complexity index is 426. The van der Waals surface area contributed by atoms with E-state index in [-0.39, 0.29) is 0 Å². The van der Waals surface area contributed by atoms with E-state index in [4.69, 9.17) is 5.26 Å². The average Bonchev–Trinajstić information content (AvgIpc) is 2.34. The summed E-state index contributed by atoms with van der Waals surface area (Å²) in [7, 11) is 2.16. The first kappa shape index (κ1) is 12.1. The Kier molecular flexibility index (Phi) is 3.78. The van der Waals surface area contributed by atoms with Crippen LogP contribution in [0.5, 0.6) is 0 Å². The maximum atomic E-state index is 9.01. The maximum absolute atomic E-state index is 9.01. The molecule has 0 radical (unpaired) electrons. The van der Waals surface area contributed by atoms with Crippen molar-refractivity contribution in [1.29, 1.82) is 5.26 Å². The second kappa shape index (κ2) is 5.31. The first-order valence-corrected chi connectivity index (χ1v) is 6.09. The third kappa shape index (κ3) is 3.06. The number of hydrogen-bond donors (Lipinski definition) is 0. The van der Waals surface area contributed by atoms with Gasteiger partial charge in [-0.15, -0.1) is 0 Å².